The first-order valence-corrected chi connectivity index (χ1v) is 5.65. The molecule has 0 aliphatic heterocycles. The van der Waals surface area contributed by atoms with Gasteiger partial charge in [-0.1, -0.05) is 23.7 Å². The van der Waals surface area contributed by atoms with E-state index in [2.05, 4.69) is 23.0 Å². The Morgan fingerprint density at radius 2 is 1.93 bits per heavy atom. The highest BCUT2D eigenvalue weighted by Gasteiger charge is 2.24. The van der Waals surface area contributed by atoms with Crippen molar-refractivity contribution in [1.82, 2.24) is 4.57 Å². The number of nitrogens with zero attached hydrogens (tertiary/aromatic N) is 1. The summed E-state index contributed by atoms with van der Waals surface area (Å²) >= 11 is 6.14. The van der Waals surface area contributed by atoms with Crippen molar-refractivity contribution in [2.75, 3.05) is 0 Å². The summed E-state index contributed by atoms with van der Waals surface area (Å²) in [5.41, 5.74) is 2.50. The first-order chi connectivity index (χ1) is 7.34. The standard InChI is InChI=1S/C13H12ClN/c14-12-3-1-2-4-13(12)15-8-7-11(9-15)10-5-6-10/h1-4,7-10H,5-6H2. The molecule has 2 heteroatoms. The number of hydrogen-bond acceptors (Lipinski definition) is 0. The van der Waals surface area contributed by atoms with Gasteiger partial charge in [-0.15, -0.1) is 0 Å². The number of rotatable bonds is 2. The second-order valence-corrected chi connectivity index (χ2v) is 4.48. The molecule has 1 fully saturated rings. The molecule has 2 aromatic rings. The van der Waals surface area contributed by atoms with Gasteiger partial charge in [-0.25, -0.2) is 0 Å². The van der Waals surface area contributed by atoms with E-state index in [-0.39, 0.29) is 0 Å². The van der Waals surface area contributed by atoms with E-state index in [4.69, 9.17) is 11.6 Å². The highest BCUT2D eigenvalue weighted by molar-refractivity contribution is 6.32. The topological polar surface area (TPSA) is 4.93 Å². The van der Waals surface area contributed by atoms with Crippen molar-refractivity contribution in [2.45, 2.75) is 18.8 Å². The minimum atomic E-state index is 0.800. The molecule has 0 bridgehead atoms. The Morgan fingerprint density at radius 1 is 1.13 bits per heavy atom. The number of halogens is 1. The van der Waals surface area contributed by atoms with Gasteiger partial charge in [-0.3, -0.25) is 0 Å². The Balaban J connectivity index is 2.01. The summed E-state index contributed by atoms with van der Waals surface area (Å²) in [6.07, 6.45) is 6.97. The van der Waals surface area contributed by atoms with Gasteiger partial charge in [0.2, 0.25) is 0 Å². The Hall–Kier alpha value is -1.21. The molecule has 1 aromatic heterocycles. The van der Waals surface area contributed by atoms with E-state index >= 15 is 0 Å². The van der Waals surface area contributed by atoms with Gasteiger partial charge in [0.1, 0.15) is 0 Å². The van der Waals surface area contributed by atoms with Crippen LogP contribution in [0.2, 0.25) is 5.02 Å². The van der Waals surface area contributed by atoms with Gasteiger partial charge in [0.15, 0.2) is 0 Å². The van der Waals surface area contributed by atoms with Gasteiger partial charge in [0.05, 0.1) is 10.7 Å². The van der Waals surface area contributed by atoms with Crippen molar-refractivity contribution in [3.63, 3.8) is 0 Å². The van der Waals surface area contributed by atoms with Crippen molar-refractivity contribution in [3.05, 3.63) is 53.3 Å². The quantitative estimate of drug-likeness (QED) is 0.717. The number of aromatic nitrogens is 1. The maximum Gasteiger partial charge on any atom is 0.0646 e. The minimum absolute atomic E-state index is 0.800. The van der Waals surface area contributed by atoms with Gasteiger partial charge in [-0.2, -0.15) is 0 Å². The molecule has 1 aromatic carbocycles. The SMILES string of the molecule is Clc1ccccc1-n1ccc(C2CC2)c1. The Morgan fingerprint density at radius 3 is 2.67 bits per heavy atom. The summed E-state index contributed by atoms with van der Waals surface area (Å²) in [6, 6.07) is 10.1. The monoisotopic (exact) mass is 217 g/mol. The van der Waals surface area contributed by atoms with Crippen molar-refractivity contribution < 1.29 is 0 Å². The van der Waals surface area contributed by atoms with Gasteiger partial charge >= 0.3 is 0 Å². The molecule has 0 atom stereocenters. The lowest BCUT2D eigenvalue weighted by molar-refractivity contribution is 1.05. The van der Waals surface area contributed by atoms with Crippen molar-refractivity contribution in [3.8, 4) is 5.69 Å². The molecule has 3 rings (SSSR count). The molecule has 1 aliphatic rings. The van der Waals surface area contributed by atoms with E-state index in [1.54, 1.807) is 0 Å². The fraction of sp³-hybridized carbons (Fsp3) is 0.231. The fourth-order valence-corrected chi connectivity index (χ4v) is 2.12. The zero-order valence-electron chi connectivity index (χ0n) is 8.36. The average Bonchev–Trinajstić information content (AvgIpc) is 2.99. The van der Waals surface area contributed by atoms with Gasteiger partial charge in [0, 0.05) is 12.4 Å². The predicted molar refractivity (Wildman–Crippen MR) is 62.8 cm³/mol. The van der Waals surface area contributed by atoms with Crippen molar-refractivity contribution >= 4 is 11.6 Å². The van der Waals surface area contributed by atoms with Gasteiger partial charge in [0.25, 0.3) is 0 Å². The lowest BCUT2D eigenvalue weighted by Gasteiger charge is -2.04. The molecule has 15 heavy (non-hydrogen) atoms. The van der Waals surface area contributed by atoms with Crippen LogP contribution in [-0.4, -0.2) is 4.57 Å². The molecule has 1 aliphatic carbocycles. The largest absolute Gasteiger partial charge is 0.322 e. The molecule has 0 amide bonds. The van der Waals surface area contributed by atoms with Crippen LogP contribution < -0.4 is 0 Å². The van der Waals surface area contributed by atoms with Crippen LogP contribution in [0.1, 0.15) is 24.3 Å². The van der Waals surface area contributed by atoms with Crippen molar-refractivity contribution in [1.29, 1.82) is 0 Å². The molecule has 1 nitrogen and oxygen atoms in total. The number of para-hydroxylation sites is 1. The molecule has 0 saturated heterocycles. The van der Waals surface area contributed by atoms with Crippen LogP contribution >= 0.6 is 11.6 Å². The van der Waals surface area contributed by atoms with Crippen LogP contribution in [0.4, 0.5) is 0 Å². The first kappa shape index (κ1) is 9.05. The molecule has 1 heterocycles. The Bertz CT molecular complexity index is 483. The lowest BCUT2D eigenvalue weighted by Crippen LogP contribution is -1.90. The summed E-state index contributed by atoms with van der Waals surface area (Å²) in [5, 5.41) is 0.801. The summed E-state index contributed by atoms with van der Waals surface area (Å²) in [4.78, 5) is 0. The normalized spacial score (nSPS) is 15.5. The average molecular weight is 218 g/mol. The smallest absolute Gasteiger partial charge is 0.0646 e. The van der Waals surface area contributed by atoms with E-state index in [1.165, 1.54) is 18.4 Å². The van der Waals surface area contributed by atoms with Crippen LogP contribution in [0, 0.1) is 0 Å². The Labute approximate surface area is 94.3 Å². The van der Waals surface area contributed by atoms with Gasteiger partial charge < -0.3 is 4.57 Å². The van der Waals surface area contributed by atoms with Crippen LogP contribution in [0.25, 0.3) is 5.69 Å². The van der Waals surface area contributed by atoms with Crippen LogP contribution in [0.15, 0.2) is 42.7 Å². The molecule has 0 unspecified atom stereocenters. The Kier molecular flexibility index (Phi) is 2.06. The van der Waals surface area contributed by atoms with E-state index in [0.29, 0.717) is 0 Å². The molecule has 0 spiro atoms. The van der Waals surface area contributed by atoms with Crippen molar-refractivity contribution in [2.24, 2.45) is 0 Å². The van der Waals surface area contributed by atoms with Crippen LogP contribution in [0.3, 0.4) is 0 Å². The molecule has 0 N–H and O–H groups in total. The van der Waals surface area contributed by atoms with E-state index in [1.807, 2.05) is 24.3 Å². The highest BCUT2D eigenvalue weighted by atomic mass is 35.5. The molecule has 76 valence electrons. The summed E-state index contributed by atoms with van der Waals surface area (Å²) < 4.78 is 2.11. The predicted octanol–water partition coefficient (Wildman–Crippen LogP) is 4.01. The number of benzene rings is 1. The zero-order chi connectivity index (χ0) is 10.3. The zero-order valence-corrected chi connectivity index (χ0v) is 9.11. The second kappa shape index (κ2) is 3.42. The molecular formula is C13H12ClN. The molecule has 1 saturated carbocycles. The van der Waals surface area contributed by atoms with E-state index < -0.39 is 0 Å². The summed E-state index contributed by atoms with van der Waals surface area (Å²) in [7, 11) is 0. The van der Waals surface area contributed by atoms with Crippen LogP contribution in [-0.2, 0) is 0 Å². The first-order valence-electron chi connectivity index (χ1n) is 5.27. The van der Waals surface area contributed by atoms with E-state index in [9.17, 15) is 0 Å². The molecule has 0 radical (unpaired) electrons. The lowest BCUT2D eigenvalue weighted by atomic mass is 10.2. The summed E-state index contributed by atoms with van der Waals surface area (Å²) in [6.45, 7) is 0. The minimum Gasteiger partial charge on any atom is -0.322 e. The maximum absolute atomic E-state index is 6.14. The maximum atomic E-state index is 6.14. The van der Waals surface area contributed by atoms with E-state index in [0.717, 1.165) is 16.6 Å². The highest BCUT2D eigenvalue weighted by Crippen LogP contribution is 2.40. The number of hydrogen-bond donors (Lipinski definition) is 0. The third-order valence-electron chi connectivity index (χ3n) is 2.90. The summed E-state index contributed by atoms with van der Waals surface area (Å²) in [5.74, 6) is 0.800. The molecular weight excluding hydrogens is 206 g/mol. The second-order valence-electron chi connectivity index (χ2n) is 4.08. The third-order valence-corrected chi connectivity index (χ3v) is 3.21. The van der Waals surface area contributed by atoms with Gasteiger partial charge in [-0.05, 0) is 42.5 Å². The fourth-order valence-electron chi connectivity index (χ4n) is 1.88. The van der Waals surface area contributed by atoms with Crippen LogP contribution in [0.5, 0.6) is 0 Å². The third kappa shape index (κ3) is 1.68.